The predicted molar refractivity (Wildman–Crippen MR) is 97.8 cm³/mol. The lowest BCUT2D eigenvalue weighted by atomic mass is 9.84. The molecule has 126 valence electrons. The number of nitrogens with zero attached hydrogens (tertiary/aromatic N) is 3. The van der Waals surface area contributed by atoms with Gasteiger partial charge in [-0.1, -0.05) is 13.8 Å². The van der Waals surface area contributed by atoms with E-state index >= 15 is 0 Å². The van der Waals surface area contributed by atoms with Crippen molar-refractivity contribution < 1.29 is 4.74 Å². The van der Waals surface area contributed by atoms with Crippen molar-refractivity contribution in [1.82, 2.24) is 15.0 Å². The van der Waals surface area contributed by atoms with E-state index in [0.717, 1.165) is 46.6 Å². The summed E-state index contributed by atoms with van der Waals surface area (Å²) in [6.45, 7) is 9.40. The topological polar surface area (TPSA) is 54.0 Å². The number of aromatic amines is 1. The minimum Gasteiger partial charge on any atom is -0.494 e. The third-order valence-corrected chi connectivity index (χ3v) is 4.84. The molecular weight excluding hydrogens is 300 g/mol. The second-order valence-corrected chi connectivity index (χ2v) is 7.38. The summed E-state index contributed by atoms with van der Waals surface area (Å²) >= 11 is 0. The van der Waals surface area contributed by atoms with E-state index in [0.29, 0.717) is 12.0 Å². The van der Waals surface area contributed by atoms with Gasteiger partial charge in [0.15, 0.2) is 5.82 Å². The van der Waals surface area contributed by atoms with Gasteiger partial charge in [0.1, 0.15) is 23.1 Å². The molecular formula is C19H24N4O. The predicted octanol–water partition coefficient (Wildman–Crippen LogP) is 4.14. The first kappa shape index (κ1) is 15.2. The second kappa shape index (κ2) is 5.65. The summed E-state index contributed by atoms with van der Waals surface area (Å²) in [6.07, 6.45) is 4.15. The molecule has 2 aromatic heterocycles. The number of ether oxygens (including phenoxy) is 1. The third-order valence-electron chi connectivity index (χ3n) is 4.84. The number of hydrogen-bond acceptors (Lipinski definition) is 4. The minimum absolute atomic E-state index is 0.323. The molecule has 0 saturated carbocycles. The molecule has 5 heteroatoms. The lowest BCUT2D eigenvalue weighted by Gasteiger charge is -2.38. The van der Waals surface area contributed by atoms with Crippen LogP contribution < -0.4 is 9.64 Å². The van der Waals surface area contributed by atoms with Crippen LogP contribution in [0.3, 0.4) is 0 Å². The zero-order chi connectivity index (χ0) is 16.7. The summed E-state index contributed by atoms with van der Waals surface area (Å²) in [6, 6.07) is 6.12. The molecule has 24 heavy (non-hydrogen) atoms. The fourth-order valence-electron chi connectivity index (χ4n) is 3.76. The Morgan fingerprint density at radius 2 is 2.17 bits per heavy atom. The molecule has 0 atom stereocenters. The molecule has 3 heterocycles. The number of anilines is 1. The first-order chi connectivity index (χ1) is 11.6. The molecule has 0 spiro atoms. The van der Waals surface area contributed by atoms with Crippen LogP contribution in [-0.2, 0) is 0 Å². The molecule has 0 bridgehead atoms. The zero-order valence-electron chi connectivity index (χ0n) is 14.6. The number of H-pyrrole nitrogens is 1. The summed E-state index contributed by atoms with van der Waals surface area (Å²) in [5.74, 6) is 1.90. The van der Waals surface area contributed by atoms with Crippen LogP contribution in [0, 0.1) is 5.41 Å². The van der Waals surface area contributed by atoms with Crippen LogP contribution in [0.25, 0.3) is 21.9 Å². The van der Waals surface area contributed by atoms with Crippen LogP contribution in [-0.4, -0.2) is 34.6 Å². The monoisotopic (exact) mass is 324 g/mol. The van der Waals surface area contributed by atoms with Crippen molar-refractivity contribution in [2.75, 3.05) is 24.6 Å². The van der Waals surface area contributed by atoms with E-state index in [4.69, 9.17) is 4.74 Å². The Hall–Kier alpha value is -2.30. The maximum atomic E-state index is 5.64. The highest BCUT2D eigenvalue weighted by molar-refractivity contribution is 6.08. The molecule has 3 aromatic rings. The number of benzene rings is 1. The van der Waals surface area contributed by atoms with Crippen LogP contribution in [0.1, 0.15) is 33.6 Å². The molecule has 1 saturated heterocycles. The summed E-state index contributed by atoms with van der Waals surface area (Å²) < 4.78 is 5.64. The van der Waals surface area contributed by atoms with E-state index in [1.54, 1.807) is 6.33 Å². The fraction of sp³-hybridized carbons (Fsp3) is 0.474. The Morgan fingerprint density at radius 1 is 1.29 bits per heavy atom. The number of fused-ring (bicyclic) bond motifs is 3. The molecule has 1 N–H and O–H groups in total. The summed E-state index contributed by atoms with van der Waals surface area (Å²) in [4.78, 5) is 15.1. The van der Waals surface area contributed by atoms with Crippen LogP contribution in [0.4, 0.5) is 5.82 Å². The number of piperidine rings is 1. The Bertz CT molecular complexity index is 884. The van der Waals surface area contributed by atoms with Gasteiger partial charge in [0.05, 0.1) is 6.61 Å². The highest BCUT2D eigenvalue weighted by Crippen LogP contribution is 2.35. The van der Waals surface area contributed by atoms with E-state index < -0.39 is 0 Å². The third kappa shape index (κ3) is 2.58. The molecule has 1 aromatic carbocycles. The fourth-order valence-corrected chi connectivity index (χ4v) is 3.76. The largest absolute Gasteiger partial charge is 0.494 e. The van der Waals surface area contributed by atoms with Gasteiger partial charge in [-0.25, -0.2) is 9.97 Å². The average molecular weight is 324 g/mol. The maximum Gasteiger partial charge on any atom is 0.156 e. The van der Waals surface area contributed by atoms with Crippen molar-refractivity contribution in [1.29, 1.82) is 0 Å². The van der Waals surface area contributed by atoms with Gasteiger partial charge in [-0.2, -0.15) is 0 Å². The van der Waals surface area contributed by atoms with Crippen molar-refractivity contribution in [3.63, 3.8) is 0 Å². The molecule has 5 nitrogen and oxygen atoms in total. The van der Waals surface area contributed by atoms with Gasteiger partial charge >= 0.3 is 0 Å². The molecule has 0 amide bonds. The van der Waals surface area contributed by atoms with Gasteiger partial charge in [-0.3, -0.25) is 0 Å². The Kier molecular flexibility index (Phi) is 3.59. The van der Waals surface area contributed by atoms with Gasteiger partial charge in [-0.15, -0.1) is 0 Å². The van der Waals surface area contributed by atoms with E-state index in [1.165, 1.54) is 12.8 Å². The molecule has 1 aliphatic rings. The summed E-state index contributed by atoms with van der Waals surface area (Å²) in [5.41, 5.74) is 3.40. The molecule has 0 aliphatic carbocycles. The first-order valence-electron chi connectivity index (χ1n) is 8.71. The highest BCUT2D eigenvalue weighted by Gasteiger charge is 2.28. The molecule has 4 rings (SSSR count). The van der Waals surface area contributed by atoms with E-state index in [1.807, 2.05) is 13.0 Å². The van der Waals surface area contributed by atoms with Gasteiger partial charge in [0.25, 0.3) is 0 Å². The van der Waals surface area contributed by atoms with Crippen LogP contribution in [0.15, 0.2) is 24.5 Å². The number of aromatic nitrogens is 3. The zero-order valence-corrected chi connectivity index (χ0v) is 14.6. The SMILES string of the molecule is CCOc1ccc2[nH]c3c(N4CCCC(C)(C)C4)ncnc3c2c1. The standard InChI is InChI=1S/C19H24N4O/c1-4-24-13-6-7-15-14(10-13)16-17(22-15)18(21-12-20-16)23-9-5-8-19(2,3)11-23/h6-7,10,12,22H,4-5,8-9,11H2,1-3H3. The lowest BCUT2D eigenvalue weighted by Crippen LogP contribution is -2.40. The minimum atomic E-state index is 0.323. The van der Waals surface area contributed by atoms with Crippen molar-refractivity contribution in [3.05, 3.63) is 24.5 Å². The maximum absolute atomic E-state index is 5.64. The smallest absolute Gasteiger partial charge is 0.156 e. The highest BCUT2D eigenvalue weighted by atomic mass is 16.5. The van der Waals surface area contributed by atoms with Crippen molar-refractivity contribution in [2.45, 2.75) is 33.6 Å². The van der Waals surface area contributed by atoms with E-state index in [2.05, 4.69) is 45.8 Å². The lowest BCUT2D eigenvalue weighted by molar-refractivity contribution is 0.292. The van der Waals surface area contributed by atoms with Crippen molar-refractivity contribution >= 4 is 27.8 Å². The van der Waals surface area contributed by atoms with Crippen LogP contribution in [0.5, 0.6) is 5.75 Å². The summed E-state index contributed by atoms with van der Waals surface area (Å²) in [7, 11) is 0. The van der Waals surface area contributed by atoms with E-state index in [9.17, 15) is 0 Å². The van der Waals surface area contributed by atoms with Crippen molar-refractivity contribution in [2.24, 2.45) is 5.41 Å². The molecule has 1 fully saturated rings. The number of hydrogen-bond donors (Lipinski definition) is 1. The average Bonchev–Trinajstić information content (AvgIpc) is 2.92. The Labute approximate surface area is 142 Å². The molecule has 0 unspecified atom stereocenters. The Balaban J connectivity index is 1.84. The van der Waals surface area contributed by atoms with Crippen LogP contribution >= 0.6 is 0 Å². The summed E-state index contributed by atoms with van der Waals surface area (Å²) in [5, 5.41) is 1.09. The number of nitrogens with one attached hydrogen (secondary N) is 1. The van der Waals surface area contributed by atoms with E-state index in [-0.39, 0.29) is 0 Å². The van der Waals surface area contributed by atoms with Gasteiger partial charge < -0.3 is 14.6 Å². The number of rotatable bonds is 3. The Morgan fingerprint density at radius 3 is 2.96 bits per heavy atom. The second-order valence-electron chi connectivity index (χ2n) is 7.38. The van der Waals surface area contributed by atoms with Crippen LogP contribution in [0.2, 0.25) is 0 Å². The molecule has 0 radical (unpaired) electrons. The van der Waals surface area contributed by atoms with Crippen molar-refractivity contribution in [3.8, 4) is 5.75 Å². The van der Waals surface area contributed by atoms with Gasteiger partial charge in [-0.05, 0) is 43.4 Å². The van der Waals surface area contributed by atoms with Gasteiger partial charge in [0.2, 0.25) is 0 Å². The normalized spacial score (nSPS) is 17.5. The first-order valence-corrected chi connectivity index (χ1v) is 8.71. The van der Waals surface area contributed by atoms with Gasteiger partial charge in [0, 0.05) is 24.0 Å². The molecule has 1 aliphatic heterocycles. The quantitative estimate of drug-likeness (QED) is 0.787.